The number of hydrogen-bond donors (Lipinski definition) is 1. The van der Waals surface area contributed by atoms with Crippen LogP contribution in [0.5, 0.6) is 11.5 Å². The highest BCUT2D eigenvalue weighted by molar-refractivity contribution is 7.89. The molecular weight excluding hydrogens is 422 g/mol. The lowest BCUT2D eigenvalue weighted by molar-refractivity contribution is 0.171. The first-order valence-electron chi connectivity index (χ1n) is 10.1. The summed E-state index contributed by atoms with van der Waals surface area (Å²) in [7, 11) is -3.59. The predicted molar refractivity (Wildman–Crippen MR) is 117 cm³/mol. The second kappa shape index (κ2) is 8.05. The summed E-state index contributed by atoms with van der Waals surface area (Å²) in [5.74, 6) is 1.37. The van der Waals surface area contributed by atoms with Gasteiger partial charge in [-0.3, -0.25) is 0 Å². The fraction of sp³-hybridized carbons (Fsp3) is 0.381. The Balaban J connectivity index is 1.18. The molecule has 7 nitrogen and oxygen atoms in total. The van der Waals surface area contributed by atoms with Gasteiger partial charge >= 0.3 is 0 Å². The first kappa shape index (κ1) is 19.6. The molecule has 0 aliphatic carbocycles. The van der Waals surface area contributed by atoms with Gasteiger partial charge in [0, 0.05) is 25.7 Å². The lowest BCUT2D eigenvalue weighted by Gasteiger charge is -2.31. The van der Waals surface area contributed by atoms with Gasteiger partial charge in [-0.25, -0.2) is 18.1 Å². The van der Waals surface area contributed by atoms with E-state index in [4.69, 9.17) is 14.5 Å². The minimum absolute atomic E-state index is 0.207. The highest BCUT2D eigenvalue weighted by Crippen LogP contribution is 2.33. The van der Waals surface area contributed by atoms with Gasteiger partial charge in [-0.2, -0.15) is 0 Å². The van der Waals surface area contributed by atoms with E-state index in [1.165, 1.54) is 10.8 Å². The summed E-state index contributed by atoms with van der Waals surface area (Å²) in [6.07, 6.45) is 1.86. The number of nitrogens with one attached hydrogen (secondary N) is 1. The van der Waals surface area contributed by atoms with Gasteiger partial charge in [0.25, 0.3) is 0 Å². The molecular formula is C21H23N3O4S2. The molecule has 2 aromatic carbocycles. The number of nitrogens with zero attached hydrogens (tertiary/aromatic N) is 2. The highest BCUT2D eigenvalue weighted by Gasteiger charge is 2.24. The number of aromatic nitrogens is 1. The van der Waals surface area contributed by atoms with Crippen molar-refractivity contribution in [2.75, 3.05) is 37.7 Å². The molecule has 9 heteroatoms. The van der Waals surface area contributed by atoms with E-state index in [0.717, 1.165) is 36.6 Å². The van der Waals surface area contributed by atoms with Crippen molar-refractivity contribution in [2.45, 2.75) is 17.7 Å². The minimum Gasteiger partial charge on any atom is -0.486 e. The monoisotopic (exact) mass is 445 g/mol. The average Bonchev–Trinajstić information content (AvgIpc) is 3.22. The molecule has 2 aliphatic rings. The highest BCUT2D eigenvalue weighted by atomic mass is 32.2. The Morgan fingerprint density at radius 1 is 1.07 bits per heavy atom. The number of thiazole rings is 1. The van der Waals surface area contributed by atoms with E-state index in [-0.39, 0.29) is 4.90 Å². The van der Waals surface area contributed by atoms with Crippen LogP contribution in [0.4, 0.5) is 5.13 Å². The zero-order valence-electron chi connectivity index (χ0n) is 16.4. The van der Waals surface area contributed by atoms with E-state index in [2.05, 4.69) is 15.7 Å². The zero-order chi connectivity index (χ0) is 20.6. The van der Waals surface area contributed by atoms with Crippen LogP contribution in [0.2, 0.25) is 0 Å². The molecule has 3 heterocycles. The van der Waals surface area contributed by atoms with Crippen LogP contribution < -0.4 is 19.1 Å². The second-order valence-corrected chi connectivity index (χ2v) is 10.3. The fourth-order valence-corrected chi connectivity index (χ4v) is 5.97. The summed E-state index contributed by atoms with van der Waals surface area (Å²) in [6.45, 7) is 3.11. The van der Waals surface area contributed by atoms with E-state index < -0.39 is 10.0 Å². The van der Waals surface area contributed by atoms with Crippen LogP contribution in [-0.4, -0.2) is 46.2 Å². The van der Waals surface area contributed by atoms with Gasteiger partial charge in [0.15, 0.2) is 16.6 Å². The molecule has 0 amide bonds. The van der Waals surface area contributed by atoms with Gasteiger partial charge in [0.2, 0.25) is 10.0 Å². The fourth-order valence-electron chi connectivity index (χ4n) is 3.83. The summed E-state index contributed by atoms with van der Waals surface area (Å²) in [5, 5.41) is 1.05. The maximum atomic E-state index is 12.7. The Labute approximate surface area is 179 Å². The number of fused-ring (bicyclic) bond motifs is 2. The SMILES string of the molecule is O=S(=O)(NCC1CCN(c2nc3ccccc3s2)CC1)c1ccc2c(c1)OCCO2. The second-order valence-electron chi connectivity index (χ2n) is 7.55. The Bertz CT molecular complexity index is 1120. The van der Waals surface area contributed by atoms with Gasteiger partial charge in [0.1, 0.15) is 13.2 Å². The minimum atomic E-state index is -3.59. The molecule has 0 bridgehead atoms. The van der Waals surface area contributed by atoms with Crippen LogP contribution in [0.1, 0.15) is 12.8 Å². The summed E-state index contributed by atoms with van der Waals surface area (Å²) in [5.41, 5.74) is 1.03. The van der Waals surface area contributed by atoms with Crippen molar-refractivity contribution in [1.29, 1.82) is 0 Å². The number of hydrogen-bond acceptors (Lipinski definition) is 7. The molecule has 5 rings (SSSR count). The van der Waals surface area contributed by atoms with E-state index in [1.807, 2.05) is 18.2 Å². The molecule has 0 radical (unpaired) electrons. The molecule has 0 saturated carbocycles. The molecule has 0 spiro atoms. The molecule has 1 N–H and O–H groups in total. The maximum absolute atomic E-state index is 12.7. The maximum Gasteiger partial charge on any atom is 0.240 e. The Kier molecular flexibility index (Phi) is 5.26. The van der Waals surface area contributed by atoms with Crippen molar-refractivity contribution in [3.8, 4) is 11.5 Å². The Hall–Kier alpha value is -2.36. The van der Waals surface area contributed by atoms with E-state index in [0.29, 0.717) is 37.2 Å². The summed E-state index contributed by atoms with van der Waals surface area (Å²) < 4.78 is 40.4. The third-order valence-corrected chi connectivity index (χ3v) is 8.07. The van der Waals surface area contributed by atoms with E-state index in [1.54, 1.807) is 23.5 Å². The van der Waals surface area contributed by atoms with Gasteiger partial charge in [-0.05, 0) is 43.0 Å². The molecule has 0 unspecified atom stereocenters. The molecule has 1 saturated heterocycles. The van der Waals surface area contributed by atoms with Crippen LogP contribution in [0.15, 0.2) is 47.4 Å². The number of piperidine rings is 1. The van der Waals surface area contributed by atoms with E-state index in [9.17, 15) is 8.42 Å². The standard InChI is InChI=1S/C21H23N3O4S2/c25-30(26,16-5-6-18-19(13-16)28-12-11-27-18)22-14-15-7-9-24(10-8-15)21-23-17-3-1-2-4-20(17)29-21/h1-6,13,15,22H,7-12,14H2. The van der Waals surface area contributed by atoms with Gasteiger partial charge in [-0.1, -0.05) is 23.5 Å². The topological polar surface area (TPSA) is 80.8 Å². The van der Waals surface area contributed by atoms with Gasteiger partial charge < -0.3 is 14.4 Å². The van der Waals surface area contributed by atoms with Crippen LogP contribution in [0.3, 0.4) is 0 Å². The molecule has 30 heavy (non-hydrogen) atoms. The number of ether oxygens (including phenoxy) is 2. The normalized spacial score (nSPS) is 17.4. The van der Waals surface area contributed by atoms with E-state index >= 15 is 0 Å². The molecule has 3 aromatic rings. The van der Waals surface area contributed by atoms with Gasteiger partial charge in [-0.15, -0.1) is 0 Å². The van der Waals surface area contributed by atoms with Crippen LogP contribution in [-0.2, 0) is 10.0 Å². The van der Waals surface area contributed by atoms with Crippen LogP contribution in [0.25, 0.3) is 10.2 Å². The third-order valence-electron chi connectivity index (χ3n) is 5.55. The quantitative estimate of drug-likeness (QED) is 0.649. The zero-order valence-corrected chi connectivity index (χ0v) is 18.0. The molecule has 1 fully saturated rings. The molecule has 0 atom stereocenters. The molecule has 2 aliphatic heterocycles. The number of anilines is 1. The van der Waals surface area contributed by atoms with Crippen LogP contribution >= 0.6 is 11.3 Å². The number of rotatable bonds is 5. The first-order valence-corrected chi connectivity index (χ1v) is 12.4. The molecule has 1 aromatic heterocycles. The summed E-state index contributed by atoms with van der Waals surface area (Å²) in [6, 6.07) is 12.9. The van der Waals surface area contributed by atoms with Crippen molar-refractivity contribution in [2.24, 2.45) is 5.92 Å². The number of para-hydroxylation sites is 1. The molecule has 158 valence electrons. The lowest BCUT2D eigenvalue weighted by atomic mass is 9.97. The lowest BCUT2D eigenvalue weighted by Crippen LogP contribution is -2.38. The van der Waals surface area contributed by atoms with Crippen molar-refractivity contribution in [3.63, 3.8) is 0 Å². The van der Waals surface area contributed by atoms with Crippen molar-refractivity contribution in [3.05, 3.63) is 42.5 Å². The summed E-state index contributed by atoms with van der Waals surface area (Å²) in [4.78, 5) is 7.24. The first-order chi connectivity index (χ1) is 14.6. The summed E-state index contributed by atoms with van der Waals surface area (Å²) >= 11 is 1.71. The van der Waals surface area contributed by atoms with Gasteiger partial charge in [0.05, 0.1) is 15.1 Å². The van der Waals surface area contributed by atoms with Crippen molar-refractivity contribution < 1.29 is 17.9 Å². The Morgan fingerprint density at radius 3 is 2.63 bits per heavy atom. The van der Waals surface area contributed by atoms with Crippen LogP contribution in [0, 0.1) is 5.92 Å². The predicted octanol–water partition coefficient (Wildman–Crippen LogP) is 3.26. The Morgan fingerprint density at radius 2 is 1.83 bits per heavy atom. The van der Waals surface area contributed by atoms with Crippen molar-refractivity contribution >= 4 is 36.7 Å². The third kappa shape index (κ3) is 3.97. The largest absolute Gasteiger partial charge is 0.486 e. The number of benzene rings is 2. The van der Waals surface area contributed by atoms with Crippen molar-refractivity contribution in [1.82, 2.24) is 9.71 Å². The number of sulfonamides is 1. The average molecular weight is 446 g/mol. The smallest absolute Gasteiger partial charge is 0.240 e.